The number of benzene rings is 1. The number of rotatable bonds is 3. The van der Waals surface area contributed by atoms with Crippen molar-refractivity contribution in [1.82, 2.24) is 4.57 Å². The maximum atomic E-state index is 11.9. The largest absolute Gasteiger partial charge is 0.469 e. The van der Waals surface area contributed by atoms with E-state index in [1.54, 1.807) is 0 Å². The number of hydrogen-bond donors (Lipinski definition) is 0. The molecule has 0 amide bonds. The lowest BCUT2D eigenvalue weighted by Gasteiger charge is -2.22. The van der Waals surface area contributed by atoms with Gasteiger partial charge >= 0.3 is 5.97 Å². The van der Waals surface area contributed by atoms with E-state index in [0.717, 1.165) is 32.2 Å². The summed E-state index contributed by atoms with van der Waals surface area (Å²) in [7, 11) is 1.49. The van der Waals surface area contributed by atoms with Gasteiger partial charge in [-0.1, -0.05) is 6.92 Å². The molecule has 3 heteroatoms. The van der Waals surface area contributed by atoms with Gasteiger partial charge in [-0.05, 0) is 68.4 Å². The number of methoxy groups -OCH3 is 1. The van der Waals surface area contributed by atoms with Gasteiger partial charge in [0.05, 0.1) is 13.0 Å². The van der Waals surface area contributed by atoms with Gasteiger partial charge in [-0.2, -0.15) is 0 Å². The number of nitrogens with zero attached hydrogens (tertiary/aromatic N) is 1. The molecule has 0 fully saturated rings. The molecule has 3 nitrogen and oxygen atoms in total. The van der Waals surface area contributed by atoms with Crippen LogP contribution in [0.15, 0.2) is 12.1 Å². The summed E-state index contributed by atoms with van der Waals surface area (Å²) in [6.45, 7) is 7.61. The van der Waals surface area contributed by atoms with Crippen molar-refractivity contribution in [2.75, 3.05) is 7.11 Å². The third-order valence-electron chi connectivity index (χ3n) is 5.06. The number of carbonyl (C=O) groups is 1. The molecule has 22 heavy (non-hydrogen) atoms. The summed E-state index contributed by atoms with van der Waals surface area (Å²) in [6, 6.07) is 4.61. The molecule has 3 rings (SSSR count). The molecular weight excluding hydrogens is 274 g/mol. The van der Waals surface area contributed by atoms with Crippen LogP contribution >= 0.6 is 0 Å². The minimum Gasteiger partial charge on any atom is -0.469 e. The Morgan fingerprint density at radius 2 is 2.05 bits per heavy atom. The van der Waals surface area contributed by atoms with Crippen molar-refractivity contribution < 1.29 is 9.53 Å². The number of carbonyl (C=O) groups excluding carboxylic acids is 1. The van der Waals surface area contributed by atoms with Gasteiger partial charge in [0.15, 0.2) is 0 Å². The molecule has 0 bridgehead atoms. The summed E-state index contributed by atoms with van der Waals surface area (Å²) in [4.78, 5) is 11.9. The van der Waals surface area contributed by atoms with Crippen LogP contribution in [0.25, 0.3) is 10.9 Å². The van der Waals surface area contributed by atoms with Gasteiger partial charge in [-0.25, -0.2) is 0 Å². The first kappa shape index (κ1) is 15.1. The second-order valence-electron chi connectivity index (χ2n) is 6.49. The molecule has 1 unspecified atom stereocenters. The highest BCUT2D eigenvalue weighted by Crippen LogP contribution is 2.36. The maximum Gasteiger partial charge on any atom is 0.309 e. The van der Waals surface area contributed by atoms with Gasteiger partial charge < -0.3 is 9.30 Å². The van der Waals surface area contributed by atoms with Crippen molar-refractivity contribution in [3.8, 4) is 0 Å². The molecule has 0 saturated heterocycles. The van der Waals surface area contributed by atoms with Crippen molar-refractivity contribution in [3.05, 3.63) is 34.5 Å². The first-order chi connectivity index (χ1) is 10.6. The van der Waals surface area contributed by atoms with Crippen LogP contribution in [0, 0.1) is 19.8 Å². The first-order valence-corrected chi connectivity index (χ1v) is 8.25. The molecule has 0 saturated carbocycles. The average molecular weight is 299 g/mol. The van der Waals surface area contributed by atoms with Crippen molar-refractivity contribution >= 4 is 16.9 Å². The van der Waals surface area contributed by atoms with Gasteiger partial charge in [-0.3, -0.25) is 4.79 Å². The number of aryl methyl sites for hydroxylation is 3. The minimum absolute atomic E-state index is 0.0137. The van der Waals surface area contributed by atoms with Crippen LogP contribution in [0.5, 0.6) is 0 Å². The third-order valence-corrected chi connectivity index (χ3v) is 5.06. The monoisotopic (exact) mass is 299 g/mol. The summed E-state index contributed by atoms with van der Waals surface area (Å²) in [5.41, 5.74) is 6.80. The first-order valence-electron chi connectivity index (χ1n) is 8.25. The maximum absolute atomic E-state index is 11.9. The van der Waals surface area contributed by atoms with Crippen LogP contribution in [-0.2, 0) is 28.9 Å². The zero-order valence-corrected chi connectivity index (χ0v) is 14.0. The highest BCUT2D eigenvalue weighted by atomic mass is 16.5. The Morgan fingerprint density at radius 1 is 1.32 bits per heavy atom. The highest BCUT2D eigenvalue weighted by Gasteiger charge is 2.29. The van der Waals surface area contributed by atoms with Crippen LogP contribution in [0.4, 0.5) is 0 Å². The number of aromatic nitrogens is 1. The summed E-state index contributed by atoms with van der Waals surface area (Å²) in [5.74, 6) is -0.0503. The van der Waals surface area contributed by atoms with Crippen molar-refractivity contribution in [3.63, 3.8) is 0 Å². The molecule has 0 aliphatic heterocycles. The Balaban J connectivity index is 2.17. The fraction of sp³-hybridized carbons (Fsp3) is 0.526. The molecule has 1 aromatic carbocycles. The van der Waals surface area contributed by atoms with Gasteiger partial charge in [0.25, 0.3) is 0 Å². The van der Waals surface area contributed by atoms with E-state index in [-0.39, 0.29) is 11.9 Å². The van der Waals surface area contributed by atoms with E-state index in [2.05, 4.69) is 37.5 Å². The number of hydrogen-bond acceptors (Lipinski definition) is 2. The van der Waals surface area contributed by atoms with E-state index in [1.165, 1.54) is 40.4 Å². The molecule has 1 aromatic heterocycles. The van der Waals surface area contributed by atoms with Crippen LogP contribution in [-0.4, -0.2) is 17.6 Å². The van der Waals surface area contributed by atoms with E-state index in [1.807, 2.05) is 0 Å². The van der Waals surface area contributed by atoms with Gasteiger partial charge in [0.1, 0.15) is 0 Å². The van der Waals surface area contributed by atoms with Crippen LogP contribution in [0.3, 0.4) is 0 Å². The highest BCUT2D eigenvalue weighted by molar-refractivity contribution is 5.88. The van der Waals surface area contributed by atoms with E-state index in [9.17, 15) is 4.79 Å². The Kier molecular flexibility index (Phi) is 3.98. The lowest BCUT2D eigenvalue weighted by Crippen LogP contribution is -2.24. The second kappa shape index (κ2) is 5.79. The standard InChI is InChI=1S/C19H25NO2/c1-5-8-20-17-7-6-14(19(21)22-4)11-16(17)15-9-12(2)13(3)10-18(15)20/h9-10,14H,5-8,11H2,1-4H3. The molecule has 0 N–H and O–H groups in total. The Bertz CT molecular complexity index is 727. The van der Waals surface area contributed by atoms with E-state index in [0.29, 0.717) is 0 Å². The van der Waals surface area contributed by atoms with Gasteiger partial charge in [0.2, 0.25) is 0 Å². The lowest BCUT2D eigenvalue weighted by atomic mass is 9.86. The summed E-state index contributed by atoms with van der Waals surface area (Å²) in [5, 5.41) is 1.33. The fourth-order valence-corrected chi connectivity index (χ4v) is 3.75. The number of ether oxygens (including phenoxy) is 1. The van der Waals surface area contributed by atoms with Crippen molar-refractivity contribution in [1.29, 1.82) is 0 Å². The van der Waals surface area contributed by atoms with E-state index in [4.69, 9.17) is 4.74 Å². The predicted octanol–water partition coefficient (Wildman–Crippen LogP) is 3.95. The van der Waals surface area contributed by atoms with E-state index >= 15 is 0 Å². The van der Waals surface area contributed by atoms with Gasteiger partial charge in [0, 0.05) is 23.1 Å². The Labute approximate surface area is 132 Å². The van der Waals surface area contributed by atoms with Crippen LogP contribution < -0.4 is 0 Å². The zero-order valence-electron chi connectivity index (χ0n) is 14.0. The molecule has 118 valence electrons. The molecule has 1 heterocycles. The molecule has 0 radical (unpaired) electrons. The third kappa shape index (κ3) is 2.33. The zero-order chi connectivity index (χ0) is 15.9. The molecule has 2 aromatic rings. The Morgan fingerprint density at radius 3 is 2.73 bits per heavy atom. The lowest BCUT2D eigenvalue weighted by molar-refractivity contribution is -0.145. The van der Waals surface area contributed by atoms with Crippen LogP contribution in [0.1, 0.15) is 42.1 Å². The van der Waals surface area contributed by atoms with Crippen molar-refractivity contribution in [2.45, 2.75) is 53.0 Å². The quantitative estimate of drug-likeness (QED) is 0.804. The minimum atomic E-state index is -0.0640. The number of fused-ring (bicyclic) bond motifs is 3. The Hall–Kier alpha value is -1.77. The SMILES string of the molecule is CCCn1c2c(c3cc(C)c(C)cc31)CC(C(=O)OC)CC2. The van der Waals surface area contributed by atoms with Crippen LogP contribution in [0.2, 0.25) is 0 Å². The smallest absolute Gasteiger partial charge is 0.309 e. The topological polar surface area (TPSA) is 31.2 Å². The van der Waals surface area contributed by atoms with Crippen molar-refractivity contribution in [2.24, 2.45) is 5.92 Å². The summed E-state index contributed by atoms with van der Waals surface area (Å²) < 4.78 is 7.44. The average Bonchev–Trinajstić information content (AvgIpc) is 2.81. The van der Waals surface area contributed by atoms with Gasteiger partial charge in [-0.15, -0.1) is 0 Å². The molecule has 1 atom stereocenters. The number of esters is 1. The summed E-state index contributed by atoms with van der Waals surface area (Å²) in [6.07, 6.45) is 3.82. The molecule has 1 aliphatic carbocycles. The fourth-order valence-electron chi connectivity index (χ4n) is 3.75. The molecular formula is C19H25NO2. The summed E-state index contributed by atoms with van der Waals surface area (Å²) >= 11 is 0. The predicted molar refractivity (Wildman–Crippen MR) is 89.2 cm³/mol. The normalized spacial score (nSPS) is 17.5. The molecule has 0 spiro atoms. The second-order valence-corrected chi connectivity index (χ2v) is 6.49. The molecule has 1 aliphatic rings. The van der Waals surface area contributed by atoms with E-state index < -0.39 is 0 Å².